The fraction of sp³-hybridized carbons (Fsp3) is 0.250. The van der Waals surface area contributed by atoms with Crippen LogP contribution in [0.5, 0.6) is 0 Å². The Labute approximate surface area is 94.0 Å². The van der Waals surface area contributed by atoms with Gasteiger partial charge in [0.2, 0.25) is 0 Å². The van der Waals surface area contributed by atoms with Crippen LogP contribution in [0.2, 0.25) is 0 Å². The highest BCUT2D eigenvalue weighted by atomic mass is 32.1. The summed E-state index contributed by atoms with van der Waals surface area (Å²) in [4.78, 5) is 4.07. The Morgan fingerprint density at radius 2 is 2.13 bits per heavy atom. The smallest absolute Gasteiger partial charge is 0.0411 e. The van der Waals surface area contributed by atoms with E-state index in [0.717, 1.165) is 12.2 Å². The summed E-state index contributed by atoms with van der Waals surface area (Å²) in [6, 6.07) is 2.01. The summed E-state index contributed by atoms with van der Waals surface area (Å²) < 4.78 is 0. The summed E-state index contributed by atoms with van der Waals surface area (Å²) >= 11 is 1.75. The average Bonchev–Trinajstić information content (AvgIpc) is 2.63. The molecule has 2 heterocycles. The fourth-order valence-electron chi connectivity index (χ4n) is 1.43. The topological polar surface area (TPSA) is 24.9 Å². The van der Waals surface area contributed by atoms with Crippen LogP contribution in [0.1, 0.15) is 16.7 Å². The van der Waals surface area contributed by atoms with Crippen LogP contribution in [0.4, 0.5) is 5.69 Å². The van der Waals surface area contributed by atoms with Crippen molar-refractivity contribution in [3.63, 3.8) is 0 Å². The van der Waals surface area contributed by atoms with E-state index in [2.05, 4.69) is 34.9 Å². The number of rotatable bonds is 3. The molecule has 78 valence electrons. The number of hydrogen-bond acceptors (Lipinski definition) is 3. The number of aromatic nitrogens is 1. The quantitative estimate of drug-likeness (QED) is 0.854. The summed E-state index contributed by atoms with van der Waals surface area (Å²) in [5.74, 6) is 0. The lowest BCUT2D eigenvalue weighted by atomic mass is 10.2. The fourth-order valence-corrected chi connectivity index (χ4v) is 2.29. The monoisotopic (exact) mass is 218 g/mol. The second kappa shape index (κ2) is 4.45. The molecule has 3 heteroatoms. The molecule has 0 saturated carbocycles. The number of nitrogens with one attached hydrogen (secondary N) is 1. The molecule has 0 bridgehead atoms. The number of hydrogen-bond donors (Lipinski definition) is 1. The summed E-state index contributed by atoms with van der Waals surface area (Å²) in [5, 5.41) is 7.79. The number of anilines is 1. The van der Waals surface area contributed by atoms with Gasteiger partial charge >= 0.3 is 0 Å². The molecule has 2 aromatic rings. The van der Waals surface area contributed by atoms with Crippen molar-refractivity contribution in [3.8, 4) is 0 Å². The molecule has 0 atom stereocenters. The van der Waals surface area contributed by atoms with Gasteiger partial charge < -0.3 is 5.32 Å². The second-order valence-corrected chi connectivity index (χ2v) is 4.37. The van der Waals surface area contributed by atoms with Gasteiger partial charge in [-0.15, -0.1) is 0 Å². The van der Waals surface area contributed by atoms with Crippen LogP contribution in [0, 0.1) is 13.8 Å². The summed E-state index contributed by atoms with van der Waals surface area (Å²) in [7, 11) is 0. The van der Waals surface area contributed by atoms with E-state index in [0.29, 0.717) is 0 Å². The van der Waals surface area contributed by atoms with Crippen LogP contribution in [0.15, 0.2) is 29.2 Å². The van der Waals surface area contributed by atoms with Gasteiger partial charge in [0.15, 0.2) is 0 Å². The van der Waals surface area contributed by atoms with Gasteiger partial charge in [0, 0.05) is 24.6 Å². The minimum Gasteiger partial charge on any atom is -0.381 e. The highest BCUT2D eigenvalue weighted by Gasteiger charge is 2.00. The van der Waals surface area contributed by atoms with Crippen molar-refractivity contribution in [2.45, 2.75) is 20.4 Å². The number of thiophene rings is 1. The normalized spacial score (nSPS) is 10.3. The van der Waals surface area contributed by atoms with E-state index in [4.69, 9.17) is 0 Å². The molecule has 0 radical (unpaired) electrons. The van der Waals surface area contributed by atoms with E-state index in [1.54, 1.807) is 11.3 Å². The Morgan fingerprint density at radius 1 is 1.27 bits per heavy atom. The molecule has 0 aliphatic carbocycles. The van der Waals surface area contributed by atoms with Crippen LogP contribution in [0.3, 0.4) is 0 Å². The first-order valence-corrected chi connectivity index (χ1v) is 5.88. The zero-order valence-electron chi connectivity index (χ0n) is 8.95. The van der Waals surface area contributed by atoms with Gasteiger partial charge in [0.05, 0.1) is 0 Å². The van der Waals surface area contributed by atoms with Crippen molar-refractivity contribution in [3.05, 3.63) is 45.9 Å². The van der Waals surface area contributed by atoms with Gasteiger partial charge in [-0.1, -0.05) is 0 Å². The zero-order chi connectivity index (χ0) is 10.7. The first-order valence-electron chi connectivity index (χ1n) is 4.93. The standard InChI is InChI=1S/C12H14N2S/c1-9-5-13-4-3-12(9)14-6-11-8-15-7-10(11)2/h3-5,7-8H,6H2,1-2H3,(H,13,14). The van der Waals surface area contributed by atoms with Crippen LogP contribution in [0.25, 0.3) is 0 Å². The summed E-state index contributed by atoms with van der Waals surface area (Å²) in [6.45, 7) is 5.10. The Kier molecular flexibility index (Phi) is 3.02. The van der Waals surface area contributed by atoms with E-state index in [-0.39, 0.29) is 0 Å². The molecule has 0 saturated heterocycles. The second-order valence-electron chi connectivity index (χ2n) is 3.62. The van der Waals surface area contributed by atoms with Crippen molar-refractivity contribution >= 4 is 17.0 Å². The third-order valence-electron chi connectivity index (χ3n) is 2.45. The molecule has 0 aliphatic heterocycles. The zero-order valence-corrected chi connectivity index (χ0v) is 9.77. The molecular weight excluding hydrogens is 204 g/mol. The lowest BCUT2D eigenvalue weighted by Gasteiger charge is -2.08. The molecule has 15 heavy (non-hydrogen) atoms. The number of aryl methyl sites for hydroxylation is 2. The predicted octanol–water partition coefficient (Wildman–Crippen LogP) is 3.37. The largest absolute Gasteiger partial charge is 0.381 e. The van der Waals surface area contributed by atoms with Crippen LogP contribution < -0.4 is 5.32 Å². The van der Waals surface area contributed by atoms with E-state index < -0.39 is 0 Å². The first-order chi connectivity index (χ1) is 7.27. The SMILES string of the molecule is Cc1cscc1CNc1ccncc1C. The van der Waals surface area contributed by atoms with Crippen LogP contribution in [-0.4, -0.2) is 4.98 Å². The Morgan fingerprint density at radius 3 is 2.80 bits per heavy atom. The van der Waals surface area contributed by atoms with Gasteiger partial charge in [-0.3, -0.25) is 4.98 Å². The number of nitrogens with zero attached hydrogens (tertiary/aromatic N) is 1. The van der Waals surface area contributed by atoms with Crippen molar-refractivity contribution in [1.82, 2.24) is 4.98 Å². The Balaban J connectivity index is 2.06. The molecule has 0 amide bonds. The first kappa shape index (κ1) is 10.2. The van der Waals surface area contributed by atoms with Gasteiger partial charge in [0.1, 0.15) is 0 Å². The molecule has 2 aromatic heterocycles. The van der Waals surface area contributed by atoms with E-state index >= 15 is 0 Å². The maximum atomic E-state index is 4.07. The van der Waals surface area contributed by atoms with Crippen molar-refractivity contribution in [2.75, 3.05) is 5.32 Å². The van der Waals surface area contributed by atoms with Crippen molar-refractivity contribution < 1.29 is 0 Å². The van der Waals surface area contributed by atoms with E-state index in [1.807, 2.05) is 18.5 Å². The molecule has 2 nitrogen and oxygen atoms in total. The lowest BCUT2D eigenvalue weighted by Crippen LogP contribution is -2.01. The highest BCUT2D eigenvalue weighted by Crippen LogP contribution is 2.17. The lowest BCUT2D eigenvalue weighted by molar-refractivity contribution is 1.12. The van der Waals surface area contributed by atoms with Crippen molar-refractivity contribution in [1.29, 1.82) is 0 Å². The Bertz CT molecular complexity index is 448. The molecular formula is C12H14N2S. The van der Waals surface area contributed by atoms with Crippen LogP contribution in [-0.2, 0) is 6.54 Å². The molecule has 2 rings (SSSR count). The Hall–Kier alpha value is -1.35. The molecule has 0 aromatic carbocycles. The molecule has 0 fully saturated rings. The molecule has 0 aliphatic rings. The number of pyridine rings is 1. The van der Waals surface area contributed by atoms with Gasteiger partial charge in [-0.05, 0) is 47.4 Å². The van der Waals surface area contributed by atoms with E-state index in [1.165, 1.54) is 16.7 Å². The van der Waals surface area contributed by atoms with Crippen molar-refractivity contribution in [2.24, 2.45) is 0 Å². The van der Waals surface area contributed by atoms with Gasteiger partial charge in [0.25, 0.3) is 0 Å². The highest BCUT2D eigenvalue weighted by molar-refractivity contribution is 7.08. The van der Waals surface area contributed by atoms with Crippen LogP contribution >= 0.6 is 11.3 Å². The molecule has 0 unspecified atom stereocenters. The maximum absolute atomic E-state index is 4.07. The molecule has 1 N–H and O–H groups in total. The minimum atomic E-state index is 0.889. The minimum absolute atomic E-state index is 0.889. The molecule has 0 spiro atoms. The summed E-state index contributed by atoms with van der Waals surface area (Å²) in [5.41, 5.74) is 5.08. The van der Waals surface area contributed by atoms with Gasteiger partial charge in [-0.25, -0.2) is 0 Å². The maximum Gasteiger partial charge on any atom is 0.0411 e. The van der Waals surface area contributed by atoms with Gasteiger partial charge in [-0.2, -0.15) is 11.3 Å². The van der Waals surface area contributed by atoms with E-state index in [9.17, 15) is 0 Å². The summed E-state index contributed by atoms with van der Waals surface area (Å²) in [6.07, 6.45) is 3.69. The third kappa shape index (κ3) is 2.36. The average molecular weight is 218 g/mol. The third-order valence-corrected chi connectivity index (χ3v) is 3.36. The predicted molar refractivity (Wildman–Crippen MR) is 65.4 cm³/mol.